The summed E-state index contributed by atoms with van der Waals surface area (Å²) in [6.45, 7) is 1.86. The summed E-state index contributed by atoms with van der Waals surface area (Å²) in [7, 11) is 1.33. The molecule has 1 aromatic carbocycles. The topological polar surface area (TPSA) is 90.6 Å². The van der Waals surface area contributed by atoms with Crippen LogP contribution in [0.15, 0.2) is 24.3 Å². The van der Waals surface area contributed by atoms with Gasteiger partial charge in [0.05, 0.1) is 26.2 Å². The fourth-order valence-electron chi connectivity index (χ4n) is 1.24. The zero-order valence-electron chi connectivity index (χ0n) is 11.0. The number of benzene rings is 1. The highest BCUT2D eigenvalue weighted by molar-refractivity contribution is 5.94. The molecule has 0 heterocycles. The van der Waals surface area contributed by atoms with E-state index in [4.69, 9.17) is 10.5 Å². The van der Waals surface area contributed by atoms with E-state index in [-0.39, 0.29) is 24.9 Å². The van der Waals surface area contributed by atoms with Crippen molar-refractivity contribution in [2.75, 3.05) is 19.0 Å². The highest BCUT2D eigenvalue weighted by atomic mass is 16.5. The molecule has 0 aliphatic carbocycles. The van der Waals surface area contributed by atoms with Gasteiger partial charge in [0.25, 0.3) is 0 Å². The Morgan fingerprint density at radius 2 is 1.95 bits per heavy atom. The van der Waals surface area contributed by atoms with Crippen LogP contribution in [0.4, 0.5) is 5.69 Å². The van der Waals surface area contributed by atoms with Gasteiger partial charge >= 0.3 is 5.97 Å². The van der Waals surface area contributed by atoms with Crippen molar-refractivity contribution in [2.45, 2.75) is 19.4 Å². The third-order valence-electron chi connectivity index (χ3n) is 2.34. The number of rotatable bonds is 6. The van der Waals surface area contributed by atoms with Crippen LogP contribution in [-0.4, -0.2) is 31.6 Å². The minimum atomic E-state index is -0.559. The summed E-state index contributed by atoms with van der Waals surface area (Å²) in [5, 5.41) is 2.66. The molecular weight excluding hydrogens is 248 g/mol. The summed E-state index contributed by atoms with van der Waals surface area (Å²) in [6.07, 6.45) is 0.194. The predicted octanol–water partition coefficient (Wildman–Crippen LogP) is 0.914. The highest BCUT2D eigenvalue weighted by Gasteiger charge is 2.07. The van der Waals surface area contributed by atoms with E-state index in [0.29, 0.717) is 11.4 Å². The fraction of sp³-hybridized carbons (Fsp3) is 0.385. The average molecular weight is 266 g/mol. The highest BCUT2D eigenvalue weighted by Crippen LogP contribution is 2.16. The van der Waals surface area contributed by atoms with Crippen LogP contribution < -0.4 is 15.8 Å². The molecule has 0 aliphatic rings. The number of nitrogens with one attached hydrogen (secondary N) is 1. The average Bonchev–Trinajstić information content (AvgIpc) is 2.40. The second-order valence-corrected chi connectivity index (χ2v) is 3.98. The first-order valence-electron chi connectivity index (χ1n) is 5.89. The quantitative estimate of drug-likeness (QED) is 0.747. The number of carbonyl (C=O) groups excluding carboxylic acids is 2. The lowest BCUT2D eigenvalue weighted by Crippen LogP contribution is -2.32. The van der Waals surface area contributed by atoms with Gasteiger partial charge in [-0.1, -0.05) is 0 Å². The Labute approximate surface area is 111 Å². The molecule has 0 fully saturated rings. The first-order valence-corrected chi connectivity index (χ1v) is 5.89. The van der Waals surface area contributed by atoms with Gasteiger partial charge in [0.1, 0.15) is 5.75 Å². The molecule has 0 radical (unpaired) electrons. The van der Waals surface area contributed by atoms with Crippen molar-refractivity contribution < 1.29 is 19.1 Å². The van der Waals surface area contributed by atoms with Crippen LogP contribution in [0.5, 0.6) is 5.75 Å². The smallest absolute Gasteiger partial charge is 0.308 e. The third-order valence-corrected chi connectivity index (χ3v) is 2.34. The van der Waals surface area contributed by atoms with E-state index >= 15 is 0 Å². The maximum absolute atomic E-state index is 11.4. The lowest BCUT2D eigenvalue weighted by atomic mass is 10.2. The number of anilines is 1. The molecular formula is C13H18N2O4. The summed E-state index contributed by atoms with van der Waals surface area (Å²) in [5.74, 6) is 0.0443. The largest absolute Gasteiger partial charge is 0.493 e. The second-order valence-electron chi connectivity index (χ2n) is 3.98. The van der Waals surface area contributed by atoms with Gasteiger partial charge in [-0.3, -0.25) is 9.59 Å². The number of hydrogen-bond acceptors (Lipinski definition) is 5. The number of hydrogen-bond donors (Lipinski definition) is 2. The zero-order valence-corrected chi connectivity index (χ0v) is 11.0. The first-order chi connectivity index (χ1) is 9.02. The molecule has 0 aliphatic heterocycles. The number of esters is 1. The van der Waals surface area contributed by atoms with Crippen molar-refractivity contribution in [3.63, 3.8) is 0 Å². The minimum absolute atomic E-state index is 0.194. The van der Waals surface area contributed by atoms with Gasteiger partial charge in [-0.25, -0.2) is 0 Å². The molecule has 19 heavy (non-hydrogen) atoms. The molecule has 0 spiro atoms. The van der Waals surface area contributed by atoms with Crippen molar-refractivity contribution in [3.05, 3.63) is 24.3 Å². The third kappa shape index (κ3) is 5.39. The van der Waals surface area contributed by atoms with E-state index in [1.807, 2.05) is 0 Å². The molecule has 1 atom stereocenters. The Kier molecular flexibility index (Phi) is 5.81. The van der Waals surface area contributed by atoms with Crippen LogP contribution >= 0.6 is 0 Å². The lowest BCUT2D eigenvalue weighted by Gasteiger charge is -2.09. The fourth-order valence-corrected chi connectivity index (χ4v) is 1.24. The van der Waals surface area contributed by atoms with E-state index in [1.54, 1.807) is 31.2 Å². The summed E-state index contributed by atoms with van der Waals surface area (Å²) in [5.41, 5.74) is 6.08. The minimum Gasteiger partial charge on any atom is -0.493 e. The van der Waals surface area contributed by atoms with Crippen LogP contribution in [-0.2, 0) is 14.3 Å². The van der Waals surface area contributed by atoms with E-state index in [0.717, 1.165) is 0 Å². The Balaban J connectivity index is 2.43. The predicted molar refractivity (Wildman–Crippen MR) is 70.8 cm³/mol. The van der Waals surface area contributed by atoms with Gasteiger partial charge in [-0.15, -0.1) is 0 Å². The Hall–Kier alpha value is -2.08. The van der Waals surface area contributed by atoms with E-state index in [2.05, 4.69) is 10.1 Å². The molecule has 6 nitrogen and oxygen atoms in total. The molecule has 3 N–H and O–H groups in total. The second kappa shape index (κ2) is 7.38. The van der Waals surface area contributed by atoms with Crippen LogP contribution in [0.3, 0.4) is 0 Å². The van der Waals surface area contributed by atoms with Crippen molar-refractivity contribution >= 4 is 17.6 Å². The van der Waals surface area contributed by atoms with Crippen LogP contribution in [0, 0.1) is 0 Å². The molecule has 6 heteroatoms. The van der Waals surface area contributed by atoms with Gasteiger partial charge in [-0.05, 0) is 31.2 Å². The lowest BCUT2D eigenvalue weighted by molar-refractivity contribution is -0.141. The summed E-state index contributed by atoms with van der Waals surface area (Å²) in [4.78, 5) is 22.2. The molecule has 0 aromatic heterocycles. The number of ether oxygens (including phenoxy) is 2. The summed E-state index contributed by atoms with van der Waals surface area (Å²) in [6, 6.07) is 6.25. The Morgan fingerprint density at radius 1 is 1.32 bits per heavy atom. The summed E-state index contributed by atoms with van der Waals surface area (Å²) >= 11 is 0. The van der Waals surface area contributed by atoms with E-state index < -0.39 is 6.04 Å². The van der Waals surface area contributed by atoms with Gasteiger partial charge in [0.15, 0.2) is 0 Å². The van der Waals surface area contributed by atoms with Crippen molar-refractivity contribution in [3.8, 4) is 5.75 Å². The number of amides is 1. The van der Waals surface area contributed by atoms with Gasteiger partial charge < -0.3 is 20.5 Å². The molecule has 104 valence electrons. The monoisotopic (exact) mass is 266 g/mol. The van der Waals surface area contributed by atoms with Crippen molar-refractivity contribution in [1.82, 2.24) is 0 Å². The molecule has 1 rings (SSSR count). The van der Waals surface area contributed by atoms with Crippen LogP contribution in [0.1, 0.15) is 13.3 Å². The van der Waals surface area contributed by atoms with Crippen molar-refractivity contribution in [2.24, 2.45) is 5.73 Å². The molecule has 0 saturated heterocycles. The van der Waals surface area contributed by atoms with Gasteiger partial charge in [-0.2, -0.15) is 0 Å². The molecule has 0 unspecified atom stereocenters. The zero-order chi connectivity index (χ0) is 14.3. The number of nitrogens with two attached hydrogens (primary N) is 1. The number of methoxy groups -OCH3 is 1. The Morgan fingerprint density at radius 3 is 2.47 bits per heavy atom. The van der Waals surface area contributed by atoms with Crippen LogP contribution in [0.25, 0.3) is 0 Å². The molecule has 1 amide bonds. The van der Waals surface area contributed by atoms with E-state index in [9.17, 15) is 9.59 Å². The van der Waals surface area contributed by atoms with Crippen LogP contribution in [0.2, 0.25) is 0 Å². The molecule has 1 aromatic rings. The molecule has 0 saturated carbocycles. The van der Waals surface area contributed by atoms with E-state index in [1.165, 1.54) is 7.11 Å². The SMILES string of the molecule is COC(=O)CCOc1ccc(NC(=O)[C@@H](C)N)cc1. The normalized spacial score (nSPS) is 11.5. The maximum atomic E-state index is 11.4. The Bertz CT molecular complexity index is 429. The van der Waals surface area contributed by atoms with Gasteiger partial charge in [0.2, 0.25) is 5.91 Å². The molecule has 0 bridgehead atoms. The first kappa shape index (κ1) is 15.0. The standard InChI is InChI=1S/C13H18N2O4/c1-9(14)13(17)15-10-3-5-11(6-4-10)19-8-7-12(16)18-2/h3-6,9H,7-8,14H2,1-2H3,(H,15,17)/t9-/m1/s1. The van der Waals surface area contributed by atoms with Gasteiger partial charge in [0, 0.05) is 5.69 Å². The summed E-state index contributed by atoms with van der Waals surface area (Å²) < 4.78 is 9.84. The number of carbonyl (C=O) groups is 2. The maximum Gasteiger partial charge on any atom is 0.308 e. The van der Waals surface area contributed by atoms with Crippen molar-refractivity contribution in [1.29, 1.82) is 0 Å².